The fraction of sp³-hybridized carbons (Fsp3) is 0.357. The van der Waals surface area contributed by atoms with Crippen molar-refractivity contribution in [2.75, 3.05) is 18.4 Å². The average molecular weight is 305 g/mol. The van der Waals surface area contributed by atoms with E-state index in [-0.39, 0.29) is 12.6 Å². The number of fused-ring (bicyclic) bond motifs is 1. The number of amides is 2. The van der Waals surface area contributed by atoms with E-state index in [1.807, 2.05) is 12.1 Å². The molecule has 2 N–H and O–H groups in total. The molecule has 21 heavy (non-hydrogen) atoms. The highest BCUT2D eigenvalue weighted by Crippen LogP contribution is 2.23. The van der Waals surface area contributed by atoms with Crippen molar-refractivity contribution in [2.45, 2.75) is 12.8 Å². The number of rotatable bonds is 2. The van der Waals surface area contributed by atoms with Crippen molar-refractivity contribution in [3.8, 4) is 0 Å². The standard InChI is InChI=1S/C14H15N3O3S/c18-13(19)9-2-1-5-17(7-9)14(20)16-10-3-4-11-12(6-10)21-8-15-11/h3-4,6,8-9H,1-2,5,7H2,(H,16,20)(H,18,19)/t9-/m1/s1. The highest BCUT2D eigenvalue weighted by atomic mass is 32.1. The molecule has 0 bridgehead atoms. The lowest BCUT2D eigenvalue weighted by atomic mass is 9.99. The van der Waals surface area contributed by atoms with Crippen molar-refractivity contribution in [2.24, 2.45) is 5.92 Å². The summed E-state index contributed by atoms with van der Waals surface area (Å²) in [5.74, 6) is -1.30. The van der Waals surface area contributed by atoms with Gasteiger partial charge in [-0.2, -0.15) is 0 Å². The second kappa shape index (κ2) is 5.69. The van der Waals surface area contributed by atoms with Crippen molar-refractivity contribution in [1.29, 1.82) is 0 Å². The Labute approximate surface area is 125 Å². The second-order valence-electron chi connectivity index (χ2n) is 5.09. The molecule has 1 aliphatic rings. The molecule has 1 atom stereocenters. The van der Waals surface area contributed by atoms with Crippen LogP contribution in [0, 0.1) is 5.92 Å². The van der Waals surface area contributed by atoms with Crippen LogP contribution in [-0.2, 0) is 4.79 Å². The third kappa shape index (κ3) is 2.97. The molecule has 1 aromatic heterocycles. The van der Waals surface area contributed by atoms with Gasteiger partial charge >= 0.3 is 12.0 Å². The number of likely N-dealkylation sites (tertiary alicyclic amines) is 1. The van der Waals surface area contributed by atoms with Crippen LogP contribution < -0.4 is 5.32 Å². The zero-order chi connectivity index (χ0) is 14.8. The van der Waals surface area contributed by atoms with E-state index in [1.165, 1.54) is 11.3 Å². The average Bonchev–Trinajstić information content (AvgIpc) is 2.95. The molecule has 2 aromatic rings. The molecule has 3 rings (SSSR count). The first-order valence-corrected chi connectivity index (χ1v) is 7.63. The maximum absolute atomic E-state index is 12.2. The van der Waals surface area contributed by atoms with Gasteiger partial charge in [-0.25, -0.2) is 9.78 Å². The van der Waals surface area contributed by atoms with Gasteiger partial charge < -0.3 is 15.3 Å². The predicted octanol–water partition coefficient (Wildman–Crippen LogP) is 2.62. The minimum Gasteiger partial charge on any atom is -0.481 e. The molecule has 0 radical (unpaired) electrons. The SMILES string of the molecule is O=C(O)[C@@H]1CCCN(C(=O)Nc2ccc3ncsc3c2)C1. The van der Waals surface area contributed by atoms with E-state index in [0.717, 1.165) is 16.6 Å². The molecule has 0 unspecified atom stereocenters. The van der Waals surface area contributed by atoms with E-state index >= 15 is 0 Å². The second-order valence-corrected chi connectivity index (χ2v) is 5.97. The van der Waals surface area contributed by atoms with E-state index in [2.05, 4.69) is 10.3 Å². The summed E-state index contributed by atoms with van der Waals surface area (Å²) in [5, 5.41) is 11.9. The summed E-state index contributed by atoms with van der Waals surface area (Å²) in [6.07, 6.45) is 1.35. The van der Waals surface area contributed by atoms with Gasteiger partial charge in [-0.1, -0.05) is 0 Å². The van der Waals surface area contributed by atoms with Crippen molar-refractivity contribution in [1.82, 2.24) is 9.88 Å². The summed E-state index contributed by atoms with van der Waals surface area (Å²) in [6.45, 7) is 0.863. The molecular formula is C14H15N3O3S. The molecule has 6 nitrogen and oxygen atoms in total. The molecule has 7 heteroatoms. The number of hydrogen-bond donors (Lipinski definition) is 2. The van der Waals surface area contributed by atoms with Gasteiger partial charge in [0.25, 0.3) is 0 Å². The summed E-state index contributed by atoms with van der Waals surface area (Å²) in [6, 6.07) is 5.30. The zero-order valence-corrected chi connectivity index (χ0v) is 12.1. The van der Waals surface area contributed by atoms with Gasteiger partial charge in [-0.3, -0.25) is 4.79 Å². The summed E-state index contributed by atoms with van der Waals surface area (Å²) in [5.41, 5.74) is 3.37. The third-order valence-electron chi connectivity index (χ3n) is 3.64. The lowest BCUT2D eigenvalue weighted by molar-refractivity contribution is -0.143. The molecule has 110 valence electrons. The van der Waals surface area contributed by atoms with E-state index in [9.17, 15) is 9.59 Å². The van der Waals surface area contributed by atoms with Gasteiger partial charge in [0, 0.05) is 18.8 Å². The van der Waals surface area contributed by atoms with Crippen LogP contribution in [0.1, 0.15) is 12.8 Å². The fourth-order valence-electron chi connectivity index (χ4n) is 2.50. The van der Waals surface area contributed by atoms with Crippen LogP contribution in [0.4, 0.5) is 10.5 Å². The normalized spacial score (nSPS) is 18.7. The first-order valence-electron chi connectivity index (χ1n) is 6.75. The Morgan fingerprint density at radius 3 is 3.10 bits per heavy atom. The van der Waals surface area contributed by atoms with Crippen molar-refractivity contribution in [3.05, 3.63) is 23.7 Å². The Morgan fingerprint density at radius 1 is 1.43 bits per heavy atom. The number of nitrogens with zero attached hydrogens (tertiary/aromatic N) is 2. The van der Waals surface area contributed by atoms with Crippen LogP contribution in [0.2, 0.25) is 0 Å². The Hall–Kier alpha value is -2.15. The number of carbonyl (C=O) groups excluding carboxylic acids is 1. The molecule has 0 aliphatic carbocycles. The van der Waals surface area contributed by atoms with Crippen LogP contribution in [-0.4, -0.2) is 40.1 Å². The Kier molecular flexibility index (Phi) is 3.74. The largest absolute Gasteiger partial charge is 0.481 e. The van der Waals surface area contributed by atoms with Gasteiger partial charge in [0.15, 0.2) is 0 Å². The lowest BCUT2D eigenvalue weighted by Gasteiger charge is -2.30. The fourth-order valence-corrected chi connectivity index (χ4v) is 3.21. The van der Waals surface area contributed by atoms with Crippen molar-refractivity contribution < 1.29 is 14.7 Å². The van der Waals surface area contributed by atoms with E-state index in [1.54, 1.807) is 16.5 Å². The summed E-state index contributed by atoms with van der Waals surface area (Å²) < 4.78 is 1.01. The van der Waals surface area contributed by atoms with Gasteiger partial charge in [-0.15, -0.1) is 11.3 Å². The number of carbonyl (C=O) groups is 2. The van der Waals surface area contributed by atoms with Gasteiger partial charge in [0.05, 0.1) is 21.6 Å². The Morgan fingerprint density at radius 2 is 2.29 bits per heavy atom. The lowest BCUT2D eigenvalue weighted by Crippen LogP contribution is -2.44. The number of carboxylic acid groups (broad SMARTS) is 1. The van der Waals surface area contributed by atoms with Crippen LogP contribution in [0.3, 0.4) is 0 Å². The summed E-state index contributed by atoms with van der Waals surface area (Å²) in [7, 11) is 0. The summed E-state index contributed by atoms with van der Waals surface area (Å²) in [4.78, 5) is 29.0. The van der Waals surface area contributed by atoms with Crippen molar-refractivity contribution >= 4 is 39.2 Å². The number of nitrogens with one attached hydrogen (secondary N) is 1. The van der Waals surface area contributed by atoms with Gasteiger partial charge in [-0.05, 0) is 31.0 Å². The van der Waals surface area contributed by atoms with Gasteiger partial charge in [0.2, 0.25) is 0 Å². The topological polar surface area (TPSA) is 82.5 Å². The maximum Gasteiger partial charge on any atom is 0.321 e. The van der Waals surface area contributed by atoms with Crippen LogP contribution in [0.5, 0.6) is 0 Å². The molecule has 2 amide bonds. The minimum absolute atomic E-state index is 0.246. The molecular weight excluding hydrogens is 290 g/mol. The first kappa shape index (κ1) is 13.8. The number of carboxylic acids is 1. The predicted molar refractivity (Wildman–Crippen MR) is 80.6 cm³/mol. The Bertz CT molecular complexity index is 685. The molecule has 2 heterocycles. The highest BCUT2D eigenvalue weighted by molar-refractivity contribution is 7.16. The van der Waals surface area contributed by atoms with E-state index in [0.29, 0.717) is 18.7 Å². The molecule has 1 saturated heterocycles. The molecule has 1 aliphatic heterocycles. The number of hydrogen-bond acceptors (Lipinski definition) is 4. The number of aromatic nitrogens is 1. The quantitative estimate of drug-likeness (QED) is 0.893. The smallest absolute Gasteiger partial charge is 0.321 e. The monoisotopic (exact) mass is 305 g/mol. The van der Waals surface area contributed by atoms with Crippen LogP contribution >= 0.6 is 11.3 Å². The summed E-state index contributed by atoms with van der Waals surface area (Å²) >= 11 is 1.51. The number of urea groups is 1. The van der Waals surface area contributed by atoms with E-state index in [4.69, 9.17) is 5.11 Å². The minimum atomic E-state index is -0.835. The molecule has 0 spiro atoms. The van der Waals surface area contributed by atoms with Crippen LogP contribution in [0.15, 0.2) is 23.7 Å². The zero-order valence-electron chi connectivity index (χ0n) is 11.3. The number of thiazole rings is 1. The molecule has 0 saturated carbocycles. The van der Waals surface area contributed by atoms with Crippen LogP contribution in [0.25, 0.3) is 10.2 Å². The highest BCUT2D eigenvalue weighted by Gasteiger charge is 2.28. The molecule has 1 fully saturated rings. The number of benzene rings is 1. The maximum atomic E-state index is 12.2. The van der Waals surface area contributed by atoms with Crippen molar-refractivity contribution in [3.63, 3.8) is 0 Å². The Balaban J connectivity index is 1.69. The molecule has 1 aromatic carbocycles. The third-order valence-corrected chi connectivity index (χ3v) is 4.43. The van der Waals surface area contributed by atoms with E-state index < -0.39 is 11.9 Å². The van der Waals surface area contributed by atoms with Gasteiger partial charge in [0.1, 0.15) is 0 Å². The number of aliphatic carboxylic acids is 1. The first-order chi connectivity index (χ1) is 10.1. The number of anilines is 1. The number of piperidine rings is 1.